The van der Waals surface area contributed by atoms with Crippen molar-refractivity contribution < 1.29 is 13.2 Å². The van der Waals surface area contributed by atoms with Gasteiger partial charge in [0.15, 0.2) is 0 Å². The summed E-state index contributed by atoms with van der Waals surface area (Å²) in [7, 11) is -3.79. The number of fused-ring (bicyclic) bond motifs is 1. The fraction of sp³-hybridized carbons (Fsp3) is 0.125. The van der Waals surface area contributed by atoms with Gasteiger partial charge in [0.05, 0.1) is 27.8 Å². The van der Waals surface area contributed by atoms with Gasteiger partial charge in [-0.3, -0.25) is 18.9 Å². The van der Waals surface area contributed by atoms with Crippen molar-refractivity contribution in [2.45, 2.75) is 25.3 Å². The summed E-state index contributed by atoms with van der Waals surface area (Å²) >= 11 is 0. The Morgan fingerprint density at radius 1 is 0.939 bits per heavy atom. The second-order valence-corrected chi connectivity index (χ2v) is 9.32. The fourth-order valence-electron chi connectivity index (χ4n) is 3.46. The van der Waals surface area contributed by atoms with Crippen LogP contribution < -0.4 is 15.6 Å². The molecule has 1 amide bonds. The monoisotopic (exact) mass is 462 g/mol. The Kier molecular flexibility index (Phi) is 5.97. The molecule has 0 bridgehead atoms. The van der Waals surface area contributed by atoms with Crippen molar-refractivity contribution in [3.8, 4) is 0 Å². The number of hydrogen-bond acceptors (Lipinski definition) is 5. The maximum absolute atomic E-state index is 12.8. The molecule has 4 aromatic rings. The summed E-state index contributed by atoms with van der Waals surface area (Å²) in [5.41, 5.74) is 2.85. The molecule has 33 heavy (non-hydrogen) atoms. The Morgan fingerprint density at radius 2 is 1.61 bits per heavy atom. The number of aromatic nitrogens is 2. The minimum Gasteiger partial charge on any atom is -0.325 e. The third-order valence-corrected chi connectivity index (χ3v) is 6.58. The number of sulfonamides is 1. The molecule has 0 radical (unpaired) electrons. The Morgan fingerprint density at radius 3 is 2.30 bits per heavy atom. The van der Waals surface area contributed by atoms with E-state index in [1.54, 1.807) is 24.3 Å². The number of benzene rings is 3. The van der Waals surface area contributed by atoms with E-state index < -0.39 is 15.9 Å². The van der Waals surface area contributed by atoms with Crippen LogP contribution in [0.25, 0.3) is 10.9 Å². The summed E-state index contributed by atoms with van der Waals surface area (Å²) in [5, 5.41) is 3.10. The average Bonchev–Trinajstić information content (AvgIpc) is 2.79. The number of aryl methyl sites for hydroxylation is 2. The summed E-state index contributed by atoms with van der Waals surface area (Å²) in [5.74, 6) is -0.432. The van der Waals surface area contributed by atoms with Crippen molar-refractivity contribution in [2.24, 2.45) is 0 Å². The van der Waals surface area contributed by atoms with E-state index in [4.69, 9.17) is 0 Å². The van der Waals surface area contributed by atoms with Gasteiger partial charge in [0, 0.05) is 5.69 Å². The van der Waals surface area contributed by atoms with Gasteiger partial charge in [-0.2, -0.15) is 0 Å². The third-order valence-electron chi connectivity index (χ3n) is 5.21. The molecule has 0 fully saturated rings. The van der Waals surface area contributed by atoms with Gasteiger partial charge in [-0.1, -0.05) is 30.3 Å². The summed E-state index contributed by atoms with van der Waals surface area (Å²) in [6.45, 7) is 3.45. The second kappa shape index (κ2) is 8.87. The lowest BCUT2D eigenvalue weighted by molar-refractivity contribution is -0.116. The number of carbonyl (C=O) groups excluding carboxylic acids is 1. The van der Waals surface area contributed by atoms with Gasteiger partial charge in [0.1, 0.15) is 6.54 Å². The quantitative estimate of drug-likeness (QED) is 0.456. The summed E-state index contributed by atoms with van der Waals surface area (Å²) in [6.07, 6.45) is 1.33. The number of nitrogens with zero attached hydrogens (tertiary/aromatic N) is 2. The highest BCUT2D eigenvalue weighted by Crippen LogP contribution is 2.24. The number of anilines is 2. The maximum Gasteiger partial charge on any atom is 0.261 e. The van der Waals surface area contributed by atoms with E-state index in [0.29, 0.717) is 22.3 Å². The second-order valence-electron chi connectivity index (χ2n) is 7.64. The molecule has 4 rings (SSSR count). The maximum atomic E-state index is 12.8. The molecule has 3 aromatic carbocycles. The predicted octanol–water partition coefficient (Wildman–Crippen LogP) is 3.45. The van der Waals surface area contributed by atoms with Crippen molar-refractivity contribution in [2.75, 3.05) is 10.0 Å². The van der Waals surface area contributed by atoms with Crippen LogP contribution in [0.1, 0.15) is 11.1 Å². The van der Waals surface area contributed by atoms with E-state index in [9.17, 15) is 18.0 Å². The Labute approximate surface area is 191 Å². The van der Waals surface area contributed by atoms with Crippen LogP contribution in [0.5, 0.6) is 0 Å². The van der Waals surface area contributed by atoms with Gasteiger partial charge in [-0.15, -0.1) is 0 Å². The molecule has 0 saturated heterocycles. The van der Waals surface area contributed by atoms with Crippen molar-refractivity contribution in [1.29, 1.82) is 0 Å². The van der Waals surface area contributed by atoms with Gasteiger partial charge in [0.2, 0.25) is 5.91 Å². The Balaban J connectivity index is 1.47. The van der Waals surface area contributed by atoms with Crippen LogP contribution in [0.2, 0.25) is 0 Å². The van der Waals surface area contributed by atoms with Crippen LogP contribution in [0, 0.1) is 13.8 Å². The van der Waals surface area contributed by atoms with Crippen molar-refractivity contribution in [1.82, 2.24) is 9.55 Å². The van der Waals surface area contributed by atoms with E-state index in [-0.39, 0.29) is 17.0 Å². The minimum absolute atomic E-state index is 0.0677. The molecular formula is C24H22N4O4S. The fourth-order valence-corrected chi connectivity index (χ4v) is 4.66. The average molecular weight is 463 g/mol. The molecule has 2 N–H and O–H groups in total. The van der Waals surface area contributed by atoms with Gasteiger partial charge >= 0.3 is 0 Å². The van der Waals surface area contributed by atoms with Gasteiger partial charge < -0.3 is 5.32 Å². The van der Waals surface area contributed by atoms with E-state index in [1.165, 1.54) is 35.2 Å². The molecule has 0 spiro atoms. The number of amides is 1. The molecule has 0 atom stereocenters. The Bertz CT molecular complexity index is 1490. The van der Waals surface area contributed by atoms with Gasteiger partial charge in [0.25, 0.3) is 15.6 Å². The van der Waals surface area contributed by atoms with Crippen LogP contribution >= 0.6 is 0 Å². The molecule has 1 aromatic heterocycles. The molecule has 0 aliphatic carbocycles. The molecular weight excluding hydrogens is 440 g/mol. The molecule has 168 valence electrons. The normalized spacial score (nSPS) is 11.3. The first-order valence-corrected chi connectivity index (χ1v) is 11.7. The summed E-state index contributed by atoms with van der Waals surface area (Å²) in [4.78, 5) is 29.2. The van der Waals surface area contributed by atoms with Gasteiger partial charge in [-0.05, 0) is 61.4 Å². The first-order valence-electron chi connectivity index (χ1n) is 10.2. The molecule has 8 nitrogen and oxygen atoms in total. The van der Waals surface area contributed by atoms with Crippen LogP contribution in [0.3, 0.4) is 0 Å². The van der Waals surface area contributed by atoms with Crippen LogP contribution in [0.15, 0.2) is 82.7 Å². The highest BCUT2D eigenvalue weighted by atomic mass is 32.2. The first-order chi connectivity index (χ1) is 15.7. The molecule has 9 heteroatoms. The van der Waals surface area contributed by atoms with Gasteiger partial charge in [-0.25, -0.2) is 13.4 Å². The van der Waals surface area contributed by atoms with Crippen LogP contribution in [0.4, 0.5) is 11.4 Å². The largest absolute Gasteiger partial charge is 0.325 e. The summed E-state index contributed by atoms with van der Waals surface area (Å²) in [6, 6.07) is 18.3. The number of nitrogens with one attached hydrogen (secondary N) is 2. The molecule has 0 aliphatic heterocycles. The zero-order valence-electron chi connectivity index (χ0n) is 18.1. The first kappa shape index (κ1) is 22.2. The SMILES string of the molecule is Cc1cccc(C)c1NS(=O)(=O)c1ccc(NC(=O)Cn2cnc3ccccc3c2=O)cc1. The lowest BCUT2D eigenvalue weighted by Gasteiger charge is -2.13. The topological polar surface area (TPSA) is 110 Å². The molecule has 1 heterocycles. The number of carbonyl (C=O) groups is 1. The number of hydrogen-bond donors (Lipinski definition) is 2. The number of rotatable bonds is 6. The van der Waals surface area contributed by atoms with Crippen LogP contribution in [-0.4, -0.2) is 23.9 Å². The van der Waals surface area contributed by atoms with E-state index in [1.807, 2.05) is 32.0 Å². The standard InChI is InChI=1S/C24H22N4O4S/c1-16-6-5-7-17(2)23(16)27-33(31,32)19-12-10-18(11-13-19)26-22(29)14-28-15-25-21-9-4-3-8-20(21)24(28)30/h3-13,15,27H,14H2,1-2H3,(H,26,29). The Hall–Kier alpha value is -3.98. The highest BCUT2D eigenvalue weighted by Gasteiger charge is 2.17. The smallest absolute Gasteiger partial charge is 0.261 e. The lowest BCUT2D eigenvalue weighted by atomic mass is 10.1. The molecule has 0 saturated carbocycles. The van der Waals surface area contributed by atoms with Crippen molar-refractivity contribution in [3.05, 3.63) is 94.5 Å². The van der Waals surface area contributed by atoms with E-state index in [0.717, 1.165) is 11.1 Å². The highest BCUT2D eigenvalue weighted by molar-refractivity contribution is 7.92. The van der Waals surface area contributed by atoms with E-state index >= 15 is 0 Å². The molecule has 0 unspecified atom stereocenters. The lowest BCUT2D eigenvalue weighted by Crippen LogP contribution is -2.27. The van der Waals surface area contributed by atoms with Crippen molar-refractivity contribution >= 4 is 38.2 Å². The summed E-state index contributed by atoms with van der Waals surface area (Å²) < 4.78 is 29.4. The van der Waals surface area contributed by atoms with Crippen LogP contribution in [-0.2, 0) is 21.4 Å². The zero-order chi connectivity index (χ0) is 23.6. The van der Waals surface area contributed by atoms with E-state index in [2.05, 4.69) is 15.0 Å². The number of para-hydroxylation sites is 2. The third kappa shape index (κ3) is 4.78. The zero-order valence-corrected chi connectivity index (χ0v) is 18.9. The van der Waals surface area contributed by atoms with Crippen molar-refractivity contribution in [3.63, 3.8) is 0 Å². The molecule has 0 aliphatic rings. The minimum atomic E-state index is -3.79. The predicted molar refractivity (Wildman–Crippen MR) is 128 cm³/mol.